The third-order valence-electron chi connectivity index (χ3n) is 3.48. The summed E-state index contributed by atoms with van der Waals surface area (Å²) in [5, 5.41) is 18.8. The Hall–Kier alpha value is -2.43. The molecule has 2 rings (SSSR count). The number of aliphatic imine (C=N–C) groups is 1. The van der Waals surface area contributed by atoms with Gasteiger partial charge in [0.1, 0.15) is 5.92 Å². The number of hydrogen-bond donors (Lipinski definition) is 2. The fourth-order valence-electron chi connectivity index (χ4n) is 2.66. The zero-order chi connectivity index (χ0) is 14.9. The van der Waals surface area contributed by atoms with E-state index in [-0.39, 0.29) is 5.57 Å². The summed E-state index contributed by atoms with van der Waals surface area (Å²) in [6.45, 7) is 3.22. The lowest BCUT2D eigenvalue weighted by molar-refractivity contribution is -0.140. The number of carbonyl (C=O) groups is 2. The number of hydrogen-bond acceptors (Lipinski definition) is 3. The highest BCUT2D eigenvalue weighted by Gasteiger charge is 2.40. The summed E-state index contributed by atoms with van der Waals surface area (Å²) in [6, 6.07) is 8.83. The van der Waals surface area contributed by atoms with Crippen LogP contribution in [0.2, 0.25) is 0 Å². The predicted molar refractivity (Wildman–Crippen MR) is 73.8 cm³/mol. The average molecular weight is 273 g/mol. The van der Waals surface area contributed by atoms with Crippen molar-refractivity contribution < 1.29 is 19.8 Å². The summed E-state index contributed by atoms with van der Waals surface area (Å²) < 4.78 is 0. The third kappa shape index (κ3) is 2.34. The predicted octanol–water partition coefficient (Wildman–Crippen LogP) is 2.30. The topological polar surface area (TPSA) is 87.0 Å². The number of carboxylic acids is 2. The summed E-state index contributed by atoms with van der Waals surface area (Å²) in [7, 11) is 0. The van der Waals surface area contributed by atoms with Crippen LogP contribution in [0.15, 0.2) is 46.6 Å². The summed E-state index contributed by atoms with van der Waals surface area (Å²) >= 11 is 0. The quantitative estimate of drug-likeness (QED) is 0.884. The standard InChI is InChI=1S/C15H15NO4/c1-8-11(14(17)18)13(10-6-4-3-5-7-10)12(15(19)20)9(2)16-8/h3-7,11,13H,1-2H3,(H,17,18)(H,19,20). The van der Waals surface area contributed by atoms with Gasteiger partial charge in [-0.3, -0.25) is 9.79 Å². The van der Waals surface area contributed by atoms with Crippen molar-refractivity contribution in [1.29, 1.82) is 0 Å². The Kier molecular flexibility index (Phi) is 3.70. The van der Waals surface area contributed by atoms with Gasteiger partial charge < -0.3 is 10.2 Å². The highest BCUT2D eigenvalue weighted by atomic mass is 16.4. The van der Waals surface area contributed by atoms with E-state index in [1.54, 1.807) is 44.2 Å². The molecular weight excluding hydrogens is 258 g/mol. The lowest BCUT2D eigenvalue weighted by atomic mass is 9.76. The van der Waals surface area contributed by atoms with Crippen molar-refractivity contribution in [2.75, 3.05) is 0 Å². The SMILES string of the molecule is CC1=NC(C)=C(C(=O)O)C(c2ccccc2)C1C(=O)O. The van der Waals surface area contributed by atoms with E-state index in [2.05, 4.69) is 4.99 Å². The molecule has 0 fully saturated rings. The van der Waals surface area contributed by atoms with Crippen molar-refractivity contribution in [1.82, 2.24) is 0 Å². The normalized spacial score (nSPS) is 22.4. The first kappa shape index (κ1) is 14.0. The first-order valence-corrected chi connectivity index (χ1v) is 6.20. The molecule has 1 aromatic rings. The van der Waals surface area contributed by atoms with E-state index >= 15 is 0 Å². The first-order chi connectivity index (χ1) is 9.43. The molecule has 0 bridgehead atoms. The van der Waals surface area contributed by atoms with Gasteiger partial charge in [-0.05, 0) is 19.4 Å². The molecule has 104 valence electrons. The molecule has 1 heterocycles. The van der Waals surface area contributed by atoms with Gasteiger partial charge in [-0.1, -0.05) is 30.3 Å². The number of rotatable bonds is 3. The summed E-state index contributed by atoms with van der Waals surface area (Å²) in [5.41, 5.74) is 1.51. The van der Waals surface area contributed by atoms with Crippen LogP contribution in [0.5, 0.6) is 0 Å². The van der Waals surface area contributed by atoms with Crippen LogP contribution in [-0.2, 0) is 9.59 Å². The first-order valence-electron chi connectivity index (χ1n) is 6.20. The van der Waals surface area contributed by atoms with Gasteiger partial charge in [0.2, 0.25) is 0 Å². The second-order valence-corrected chi connectivity index (χ2v) is 4.76. The van der Waals surface area contributed by atoms with Crippen LogP contribution in [0.4, 0.5) is 0 Å². The maximum atomic E-state index is 11.5. The van der Waals surface area contributed by atoms with Crippen molar-refractivity contribution in [3.8, 4) is 0 Å². The monoisotopic (exact) mass is 273 g/mol. The molecule has 0 aliphatic carbocycles. The molecule has 5 heteroatoms. The number of carboxylic acid groups (broad SMARTS) is 2. The molecule has 20 heavy (non-hydrogen) atoms. The number of benzene rings is 1. The Balaban J connectivity index is 2.65. The van der Waals surface area contributed by atoms with Crippen molar-refractivity contribution in [2.45, 2.75) is 19.8 Å². The summed E-state index contributed by atoms with van der Waals surface area (Å²) in [5.74, 6) is -3.86. The van der Waals surface area contributed by atoms with Gasteiger partial charge >= 0.3 is 11.9 Å². The van der Waals surface area contributed by atoms with E-state index in [1.165, 1.54) is 0 Å². The van der Waals surface area contributed by atoms with E-state index in [1.807, 2.05) is 0 Å². The van der Waals surface area contributed by atoms with Gasteiger partial charge in [0.15, 0.2) is 0 Å². The van der Waals surface area contributed by atoms with Crippen LogP contribution < -0.4 is 0 Å². The van der Waals surface area contributed by atoms with Crippen LogP contribution in [0.3, 0.4) is 0 Å². The Morgan fingerprint density at radius 2 is 1.70 bits per heavy atom. The zero-order valence-electron chi connectivity index (χ0n) is 11.2. The fraction of sp³-hybridized carbons (Fsp3) is 0.267. The second kappa shape index (κ2) is 5.28. The minimum Gasteiger partial charge on any atom is -0.481 e. The zero-order valence-corrected chi connectivity index (χ0v) is 11.2. The van der Waals surface area contributed by atoms with Crippen molar-refractivity contribution in [3.05, 3.63) is 47.2 Å². The molecular formula is C15H15NO4. The minimum absolute atomic E-state index is 0.0502. The van der Waals surface area contributed by atoms with E-state index in [9.17, 15) is 19.8 Å². The molecule has 0 saturated carbocycles. The van der Waals surface area contributed by atoms with Gasteiger partial charge in [0.05, 0.1) is 5.57 Å². The van der Waals surface area contributed by atoms with Gasteiger partial charge in [0, 0.05) is 17.3 Å². The van der Waals surface area contributed by atoms with E-state index < -0.39 is 23.8 Å². The smallest absolute Gasteiger partial charge is 0.334 e. The Morgan fingerprint density at radius 3 is 2.20 bits per heavy atom. The van der Waals surface area contributed by atoms with Crippen molar-refractivity contribution in [2.24, 2.45) is 10.9 Å². The van der Waals surface area contributed by atoms with Crippen LogP contribution in [0.25, 0.3) is 0 Å². The van der Waals surface area contributed by atoms with Crippen LogP contribution >= 0.6 is 0 Å². The molecule has 1 aliphatic rings. The van der Waals surface area contributed by atoms with E-state index in [0.29, 0.717) is 17.0 Å². The maximum Gasteiger partial charge on any atom is 0.334 e. The van der Waals surface area contributed by atoms with E-state index in [4.69, 9.17) is 0 Å². The van der Waals surface area contributed by atoms with Gasteiger partial charge in [0.25, 0.3) is 0 Å². The Labute approximate surface area is 116 Å². The summed E-state index contributed by atoms with van der Waals surface area (Å²) in [4.78, 5) is 27.1. The molecule has 0 aromatic heterocycles. The second-order valence-electron chi connectivity index (χ2n) is 4.76. The van der Waals surface area contributed by atoms with Gasteiger partial charge in [-0.15, -0.1) is 0 Å². The molecule has 0 saturated heterocycles. The molecule has 2 N–H and O–H groups in total. The molecule has 2 unspecified atom stereocenters. The lowest BCUT2D eigenvalue weighted by Crippen LogP contribution is -2.34. The molecule has 0 spiro atoms. The molecule has 1 aliphatic heterocycles. The fourth-order valence-corrected chi connectivity index (χ4v) is 2.66. The van der Waals surface area contributed by atoms with Crippen LogP contribution in [-0.4, -0.2) is 27.9 Å². The Morgan fingerprint density at radius 1 is 1.10 bits per heavy atom. The van der Waals surface area contributed by atoms with E-state index in [0.717, 1.165) is 0 Å². The number of nitrogens with zero attached hydrogens (tertiary/aromatic N) is 1. The van der Waals surface area contributed by atoms with Gasteiger partial charge in [-0.2, -0.15) is 0 Å². The highest BCUT2D eigenvalue weighted by Crippen LogP contribution is 2.38. The molecule has 0 amide bonds. The van der Waals surface area contributed by atoms with Gasteiger partial charge in [-0.25, -0.2) is 4.79 Å². The maximum absolute atomic E-state index is 11.5. The largest absolute Gasteiger partial charge is 0.481 e. The van der Waals surface area contributed by atoms with Crippen LogP contribution in [0, 0.1) is 5.92 Å². The molecule has 1 aromatic carbocycles. The number of aliphatic carboxylic acids is 2. The average Bonchev–Trinajstić information content (AvgIpc) is 2.37. The molecule has 0 radical (unpaired) electrons. The molecule has 5 nitrogen and oxygen atoms in total. The highest BCUT2D eigenvalue weighted by molar-refractivity contribution is 6.06. The summed E-state index contributed by atoms with van der Waals surface area (Å²) in [6.07, 6.45) is 0. The number of allylic oxidation sites excluding steroid dienone is 1. The Bertz CT molecular complexity index is 616. The van der Waals surface area contributed by atoms with Crippen molar-refractivity contribution >= 4 is 17.7 Å². The molecule has 2 atom stereocenters. The van der Waals surface area contributed by atoms with Crippen LogP contribution in [0.1, 0.15) is 25.3 Å². The minimum atomic E-state index is -1.13. The van der Waals surface area contributed by atoms with Crippen molar-refractivity contribution in [3.63, 3.8) is 0 Å². The third-order valence-corrected chi connectivity index (χ3v) is 3.48. The lowest BCUT2D eigenvalue weighted by Gasteiger charge is -2.29.